The van der Waals surface area contributed by atoms with E-state index in [1.54, 1.807) is 37.3 Å². The zero-order chi connectivity index (χ0) is 18.9. The van der Waals surface area contributed by atoms with Crippen molar-refractivity contribution in [3.8, 4) is 5.75 Å². The number of aryl methyl sites for hydroxylation is 1. The van der Waals surface area contributed by atoms with E-state index in [-0.39, 0.29) is 18.9 Å². The van der Waals surface area contributed by atoms with E-state index in [0.29, 0.717) is 22.2 Å². The van der Waals surface area contributed by atoms with E-state index in [1.807, 2.05) is 25.1 Å². The smallest absolute Gasteiger partial charge is 0.277 e. The van der Waals surface area contributed by atoms with Gasteiger partial charge in [0.05, 0.1) is 6.42 Å². The molecule has 0 aliphatic rings. The fraction of sp³-hybridized carbons (Fsp3) is 0.211. The Labute approximate surface area is 157 Å². The normalized spacial score (nSPS) is 11.0. The molecule has 0 heterocycles. The number of halogens is 1. The molecule has 0 aliphatic heterocycles. The molecule has 0 atom stereocenters. The van der Waals surface area contributed by atoms with Crippen LogP contribution < -0.4 is 15.5 Å². The van der Waals surface area contributed by atoms with Gasteiger partial charge in [-0.25, -0.2) is 5.43 Å². The van der Waals surface area contributed by atoms with Gasteiger partial charge in [-0.1, -0.05) is 35.9 Å². The van der Waals surface area contributed by atoms with Crippen LogP contribution in [0.4, 0.5) is 5.69 Å². The summed E-state index contributed by atoms with van der Waals surface area (Å²) in [6.45, 7) is 3.39. The summed E-state index contributed by atoms with van der Waals surface area (Å²) >= 11 is 5.87. The van der Waals surface area contributed by atoms with Crippen molar-refractivity contribution in [3.05, 3.63) is 59.1 Å². The van der Waals surface area contributed by atoms with Crippen molar-refractivity contribution in [3.63, 3.8) is 0 Å². The molecule has 7 heteroatoms. The second kappa shape index (κ2) is 9.58. The molecule has 0 saturated heterocycles. The first-order chi connectivity index (χ1) is 12.4. The SMILES string of the molecule is C/C(CC(=O)Nc1cccc(Cl)c1)=N\NC(=O)COc1ccccc1C. The number of nitrogens with one attached hydrogen (secondary N) is 2. The average Bonchev–Trinajstić information content (AvgIpc) is 2.59. The molecule has 2 amide bonds. The quantitative estimate of drug-likeness (QED) is 0.575. The molecular formula is C19H20ClN3O3. The highest BCUT2D eigenvalue weighted by Gasteiger charge is 2.07. The Morgan fingerprint density at radius 2 is 1.88 bits per heavy atom. The van der Waals surface area contributed by atoms with Crippen LogP contribution in [0.25, 0.3) is 0 Å². The molecule has 0 spiro atoms. The molecule has 0 radical (unpaired) electrons. The molecule has 2 N–H and O–H groups in total. The van der Waals surface area contributed by atoms with Gasteiger partial charge in [0.1, 0.15) is 5.75 Å². The molecule has 2 rings (SSSR count). The van der Waals surface area contributed by atoms with E-state index in [2.05, 4.69) is 15.8 Å². The Kier molecular flexibility index (Phi) is 7.17. The third kappa shape index (κ3) is 6.57. The van der Waals surface area contributed by atoms with Gasteiger partial charge < -0.3 is 10.1 Å². The number of anilines is 1. The highest BCUT2D eigenvalue weighted by molar-refractivity contribution is 6.30. The lowest BCUT2D eigenvalue weighted by atomic mass is 10.2. The number of rotatable bonds is 7. The van der Waals surface area contributed by atoms with Gasteiger partial charge in [0, 0.05) is 16.4 Å². The Balaban J connectivity index is 1.77. The van der Waals surface area contributed by atoms with Crippen LogP contribution >= 0.6 is 11.6 Å². The van der Waals surface area contributed by atoms with E-state index in [0.717, 1.165) is 5.56 Å². The fourth-order valence-electron chi connectivity index (χ4n) is 2.10. The minimum absolute atomic E-state index is 0.0471. The zero-order valence-corrected chi connectivity index (χ0v) is 15.3. The number of carbonyl (C=O) groups excluding carboxylic acids is 2. The summed E-state index contributed by atoms with van der Waals surface area (Å²) in [6, 6.07) is 14.3. The molecule has 0 unspecified atom stereocenters. The molecule has 0 aliphatic carbocycles. The number of carbonyl (C=O) groups is 2. The van der Waals surface area contributed by atoms with Crippen molar-refractivity contribution >= 4 is 34.8 Å². The minimum atomic E-state index is -0.400. The minimum Gasteiger partial charge on any atom is -0.483 e. The van der Waals surface area contributed by atoms with E-state index < -0.39 is 5.91 Å². The molecule has 0 saturated carbocycles. The topological polar surface area (TPSA) is 79.8 Å². The standard InChI is InChI=1S/C19H20ClN3O3/c1-13-6-3-4-9-17(13)26-12-19(25)23-22-14(2)10-18(24)21-16-8-5-7-15(20)11-16/h3-9,11H,10,12H2,1-2H3,(H,21,24)(H,23,25)/b22-14+. The van der Waals surface area contributed by atoms with Crippen LogP contribution in [0, 0.1) is 6.92 Å². The lowest BCUT2D eigenvalue weighted by Gasteiger charge is -2.08. The molecule has 2 aromatic rings. The second-order valence-electron chi connectivity index (χ2n) is 5.67. The van der Waals surface area contributed by atoms with Gasteiger partial charge in [-0.15, -0.1) is 0 Å². The number of ether oxygens (including phenoxy) is 1. The first-order valence-corrected chi connectivity index (χ1v) is 8.37. The van der Waals surface area contributed by atoms with Crippen molar-refractivity contribution in [2.45, 2.75) is 20.3 Å². The maximum absolute atomic E-state index is 12.0. The molecular weight excluding hydrogens is 354 g/mol. The number of benzene rings is 2. The van der Waals surface area contributed by atoms with Gasteiger partial charge >= 0.3 is 0 Å². The van der Waals surface area contributed by atoms with Crippen molar-refractivity contribution < 1.29 is 14.3 Å². The largest absolute Gasteiger partial charge is 0.483 e. The first kappa shape index (κ1) is 19.5. The lowest BCUT2D eigenvalue weighted by Crippen LogP contribution is -2.26. The van der Waals surface area contributed by atoms with E-state index in [9.17, 15) is 9.59 Å². The van der Waals surface area contributed by atoms with Crippen molar-refractivity contribution in [2.75, 3.05) is 11.9 Å². The summed E-state index contributed by atoms with van der Waals surface area (Å²) in [6.07, 6.45) is 0.0471. The first-order valence-electron chi connectivity index (χ1n) is 8.00. The predicted octanol–water partition coefficient (Wildman–Crippen LogP) is 3.55. The van der Waals surface area contributed by atoms with Crippen LogP contribution in [0.1, 0.15) is 18.9 Å². The predicted molar refractivity (Wildman–Crippen MR) is 103 cm³/mol. The van der Waals surface area contributed by atoms with Crippen LogP contribution in [-0.2, 0) is 9.59 Å². The monoisotopic (exact) mass is 373 g/mol. The van der Waals surface area contributed by atoms with E-state index in [1.165, 1.54) is 0 Å². The molecule has 2 aromatic carbocycles. The van der Waals surface area contributed by atoms with E-state index in [4.69, 9.17) is 16.3 Å². The van der Waals surface area contributed by atoms with Gasteiger partial charge in [0.25, 0.3) is 5.91 Å². The Hall–Kier alpha value is -2.86. The number of hydrogen-bond donors (Lipinski definition) is 2. The van der Waals surface area contributed by atoms with Crippen LogP contribution in [0.15, 0.2) is 53.6 Å². The number of hydrogen-bond acceptors (Lipinski definition) is 4. The molecule has 0 fully saturated rings. The molecule has 26 heavy (non-hydrogen) atoms. The maximum atomic E-state index is 12.0. The summed E-state index contributed by atoms with van der Waals surface area (Å²) in [7, 11) is 0. The zero-order valence-electron chi connectivity index (χ0n) is 14.6. The molecule has 136 valence electrons. The van der Waals surface area contributed by atoms with Gasteiger partial charge in [-0.3, -0.25) is 9.59 Å². The van der Waals surface area contributed by atoms with Gasteiger partial charge in [-0.2, -0.15) is 5.10 Å². The third-order valence-electron chi connectivity index (χ3n) is 3.35. The molecule has 0 aromatic heterocycles. The lowest BCUT2D eigenvalue weighted by molar-refractivity contribution is -0.123. The van der Waals surface area contributed by atoms with Gasteiger partial charge in [0.15, 0.2) is 6.61 Å². The second-order valence-corrected chi connectivity index (χ2v) is 6.11. The van der Waals surface area contributed by atoms with Crippen LogP contribution in [0.5, 0.6) is 5.75 Å². The highest BCUT2D eigenvalue weighted by atomic mass is 35.5. The summed E-state index contributed by atoms with van der Waals surface area (Å²) in [5.74, 6) is -0.00831. The number of nitrogens with zero attached hydrogens (tertiary/aromatic N) is 1. The highest BCUT2D eigenvalue weighted by Crippen LogP contribution is 2.16. The fourth-order valence-corrected chi connectivity index (χ4v) is 2.29. The Bertz CT molecular complexity index is 821. The van der Waals surface area contributed by atoms with E-state index >= 15 is 0 Å². The number of para-hydroxylation sites is 1. The Morgan fingerprint density at radius 1 is 1.12 bits per heavy atom. The van der Waals surface area contributed by atoms with Crippen LogP contribution in [0.2, 0.25) is 5.02 Å². The van der Waals surface area contributed by atoms with Crippen LogP contribution in [-0.4, -0.2) is 24.1 Å². The van der Waals surface area contributed by atoms with Gasteiger partial charge in [0.2, 0.25) is 5.91 Å². The van der Waals surface area contributed by atoms with Gasteiger partial charge in [-0.05, 0) is 43.7 Å². The van der Waals surface area contributed by atoms with Crippen LogP contribution in [0.3, 0.4) is 0 Å². The summed E-state index contributed by atoms with van der Waals surface area (Å²) in [5, 5.41) is 7.16. The Morgan fingerprint density at radius 3 is 2.62 bits per heavy atom. The summed E-state index contributed by atoms with van der Waals surface area (Å²) < 4.78 is 5.43. The van der Waals surface area contributed by atoms with Crippen molar-refractivity contribution in [2.24, 2.45) is 5.10 Å². The molecule has 0 bridgehead atoms. The average molecular weight is 374 g/mol. The maximum Gasteiger partial charge on any atom is 0.277 e. The number of amides is 2. The summed E-state index contributed by atoms with van der Waals surface area (Å²) in [4.78, 5) is 23.7. The van der Waals surface area contributed by atoms with Crippen molar-refractivity contribution in [1.82, 2.24) is 5.43 Å². The third-order valence-corrected chi connectivity index (χ3v) is 3.58. The molecule has 6 nitrogen and oxygen atoms in total. The number of hydrazone groups is 1. The van der Waals surface area contributed by atoms with Crippen molar-refractivity contribution in [1.29, 1.82) is 0 Å². The summed E-state index contributed by atoms with van der Waals surface area (Å²) in [5.41, 5.74) is 4.38.